The van der Waals surface area contributed by atoms with Gasteiger partial charge in [-0.05, 0) is 79.8 Å². The second kappa shape index (κ2) is 12.9. The van der Waals surface area contributed by atoms with Crippen LogP contribution in [0, 0.1) is 38.9 Å². The Balaban J connectivity index is 0.743. The number of imide groups is 2. The lowest BCUT2D eigenvalue weighted by Crippen LogP contribution is -2.78. The van der Waals surface area contributed by atoms with Gasteiger partial charge in [0.15, 0.2) is 0 Å². The van der Waals surface area contributed by atoms with Crippen LogP contribution in [-0.4, -0.2) is 88.0 Å². The van der Waals surface area contributed by atoms with Gasteiger partial charge in [-0.15, -0.1) is 0 Å². The number of amides is 6. The molecule has 10 rings (SSSR count). The van der Waals surface area contributed by atoms with Crippen LogP contribution in [0.1, 0.15) is 110 Å². The van der Waals surface area contributed by atoms with Gasteiger partial charge in [-0.2, -0.15) is 5.26 Å². The first-order valence-corrected chi connectivity index (χ1v) is 20.4. The fourth-order valence-corrected chi connectivity index (χ4v) is 11.9. The lowest BCUT2D eigenvalue weighted by Gasteiger charge is -2.70. The number of benzene rings is 2. The van der Waals surface area contributed by atoms with Gasteiger partial charge in [0, 0.05) is 62.1 Å². The van der Waals surface area contributed by atoms with Gasteiger partial charge in [0.2, 0.25) is 23.6 Å². The minimum atomic E-state index is -0.981. The van der Waals surface area contributed by atoms with Crippen LogP contribution in [-0.2, 0) is 32.3 Å². The second-order valence-corrected chi connectivity index (χ2v) is 19.3. The molecule has 2 aromatic rings. The smallest absolute Gasteiger partial charge is 0.262 e. The van der Waals surface area contributed by atoms with Crippen LogP contribution >= 0.6 is 11.6 Å². The van der Waals surface area contributed by atoms with Crippen molar-refractivity contribution in [3.05, 3.63) is 63.2 Å². The third-order valence-corrected chi connectivity index (χ3v) is 14.7. The number of likely N-dealkylation sites (tertiary alicyclic amines) is 1. The summed E-state index contributed by atoms with van der Waals surface area (Å²) < 4.78 is 6.39. The van der Waals surface area contributed by atoms with Gasteiger partial charge in [0.25, 0.3) is 11.8 Å². The monoisotopic (exact) mass is 794 g/mol. The highest BCUT2D eigenvalue weighted by Crippen LogP contribution is 2.74. The molecule has 0 aromatic heterocycles. The van der Waals surface area contributed by atoms with Crippen LogP contribution in [0.4, 0.5) is 0 Å². The lowest BCUT2D eigenvalue weighted by molar-refractivity contribution is -0.223. The zero-order valence-electron chi connectivity index (χ0n) is 32.7. The normalized spacial score (nSPS) is 31.0. The van der Waals surface area contributed by atoms with Crippen molar-refractivity contribution in [2.24, 2.45) is 27.6 Å². The van der Waals surface area contributed by atoms with Crippen molar-refractivity contribution >= 4 is 47.0 Å². The van der Waals surface area contributed by atoms with Crippen LogP contribution in [0.25, 0.3) is 0 Å². The summed E-state index contributed by atoms with van der Waals surface area (Å²) in [5, 5.41) is 15.2. The first kappa shape index (κ1) is 37.8. The maximum absolute atomic E-state index is 13.8. The maximum Gasteiger partial charge on any atom is 0.262 e. The Morgan fingerprint density at radius 3 is 2.09 bits per heavy atom. The highest BCUT2D eigenvalue weighted by Gasteiger charge is 2.76. The summed E-state index contributed by atoms with van der Waals surface area (Å²) in [7, 11) is 0. The van der Waals surface area contributed by atoms with E-state index in [1.807, 2.05) is 4.90 Å². The number of carbonyl (C=O) groups is 6. The van der Waals surface area contributed by atoms with Gasteiger partial charge in [-0.1, -0.05) is 39.3 Å². The number of halogens is 1. The highest BCUT2D eigenvalue weighted by molar-refractivity contribution is 6.31. The van der Waals surface area contributed by atoms with Crippen molar-refractivity contribution in [2.75, 3.05) is 19.6 Å². The predicted octanol–water partition coefficient (Wildman–Crippen LogP) is 4.34. The van der Waals surface area contributed by atoms with Crippen molar-refractivity contribution in [1.29, 1.82) is 5.26 Å². The first-order chi connectivity index (χ1) is 27.0. The molecule has 2 bridgehead atoms. The number of piperidine rings is 2. The van der Waals surface area contributed by atoms with Crippen molar-refractivity contribution in [3.63, 3.8) is 0 Å². The van der Waals surface area contributed by atoms with E-state index in [2.05, 4.69) is 49.3 Å². The van der Waals surface area contributed by atoms with E-state index in [1.165, 1.54) is 0 Å². The van der Waals surface area contributed by atoms with Gasteiger partial charge in [-0.3, -0.25) is 43.9 Å². The van der Waals surface area contributed by atoms with Crippen LogP contribution < -0.4 is 15.4 Å². The average molecular weight is 795 g/mol. The minimum Gasteiger partial charge on any atom is -0.489 e. The molecular weight excluding hydrogens is 748 g/mol. The third kappa shape index (κ3) is 5.72. The average Bonchev–Trinajstić information content (AvgIpc) is 3.63. The molecule has 1 unspecified atom stereocenters. The molecule has 6 amide bonds. The Morgan fingerprint density at radius 2 is 1.53 bits per heavy atom. The van der Waals surface area contributed by atoms with Crippen molar-refractivity contribution in [3.8, 4) is 11.8 Å². The van der Waals surface area contributed by atoms with Gasteiger partial charge in [0.1, 0.15) is 24.0 Å². The van der Waals surface area contributed by atoms with E-state index < -0.39 is 40.5 Å². The van der Waals surface area contributed by atoms with E-state index in [-0.39, 0.29) is 47.6 Å². The number of nitrogens with zero attached hydrogens (tertiary/aromatic N) is 4. The van der Waals surface area contributed by atoms with Crippen LogP contribution in [0.3, 0.4) is 0 Å². The minimum absolute atomic E-state index is 0.0270. The molecule has 57 heavy (non-hydrogen) atoms. The summed E-state index contributed by atoms with van der Waals surface area (Å²) in [5.41, 5.74) is 1.36. The van der Waals surface area contributed by atoms with Gasteiger partial charge >= 0.3 is 0 Å². The number of nitriles is 1. The van der Waals surface area contributed by atoms with Crippen molar-refractivity contribution in [2.45, 2.75) is 104 Å². The standard InChI is InChI=1S/C43H47ClN6O7/c1-40(2)36(41(3,4)37(40)57-27-6-5-24(16-45)30(44)15-27)47-38(55)42-20-43(21-42,22-42)39(56)49-11-9-23(10-12-49)17-48-18-25-13-28-29(14-26(25)19-48)35(54)50(34(28)53)31-7-8-32(51)46-33(31)52/h5-6,13-15,23,31,36-37H,7-12,17-22H2,1-4H3,(H,47,55)(H,46,51,52)/t31?,36-,37-,42?,43?. The summed E-state index contributed by atoms with van der Waals surface area (Å²) in [6, 6.07) is 9.61. The topological polar surface area (TPSA) is 169 Å². The van der Waals surface area contributed by atoms with Crippen LogP contribution in [0.2, 0.25) is 5.02 Å². The van der Waals surface area contributed by atoms with E-state index in [0.29, 0.717) is 78.8 Å². The number of nitrogens with one attached hydrogen (secondary N) is 2. The fourth-order valence-electron chi connectivity index (χ4n) is 11.7. The Hall–Kier alpha value is -4.80. The number of carbonyl (C=O) groups excluding carboxylic acids is 6. The maximum atomic E-state index is 13.8. The largest absolute Gasteiger partial charge is 0.489 e. The Kier molecular flexibility index (Phi) is 8.51. The molecule has 1 atom stereocenters. The summed E-state index contributed by atoms with van der Waals surface area (Å²) >= 11 is 6.25. The third-order valence-electron chi connectivity index (χ3n) is 14.4. The number of ether oxygens (including phenoxy) is 1. The summed E-state index contributed by atoms with van der Waals surface area (Å²) in [6.07, 6.45) is 3.57. The van der Waals surface area contributed by atoms with Gasteiger partial charge in [0.05, 0.1) is 32.5 Å². The highest BCUT2D eigenvalue weighted by atomic mass is 35.5. The molecular formula is C43H47ClN6O7. The summed E-state index contributed by atoms with van der Waals surface area (Å²) in [4.78, 5) is 83.7. The van der Waals surface area contributed by atoms with Crippen molar-refractivity contribution < 1.29 is 33.5 Å². The summed E-state index contributed by atoms with van der Waals surface area (Å²) in [6.45, 7) is 11.9. The van der Waals surface area contributed by atoms with E-state index >= 15 is 0 Å². The molecule has 6 fully saturated rings. The molecule has 14 heteroatoms. The SMILES string of the molecule is CC1(C)[C@H](NC(=O)C23CC(C(=O)N4CCC(CN5Cc6cc7c(cc6C5)C(=O)N(C5CCC(=O)NC5=O)C7=O)CC4)(C2)C3)C(C)(C)[C@H]1Oc1ccc(C#N)c(Cl)c1. The van der Waals surface area contributed by atoms with E-state index in [0.717, 1.165) is 35.4 Å². The molecule has 13 nitrogen and oxygen atoms in total. The van der Waals surface area contributed by atoms with Gasteiger partial charge < -0.3 is 15.0 Å². The van der Waals surface area contributed by atoms with Crippen molar-refractivity contribution in [1.82, 2.24) is 25.3 Å². The van der Waals surface area contributed by atoms with E-state index in [4.69, 9.17) is 16.3 Å². The molecule has 4 saturated carbocycles. The molecule has 2 aromatic carbocycles. The van der Waals surface area contributed by atoms with Gasteiger partial charge in [-0.25, -0.2) is 0 Å². The zero-order chi connectivity index (χ0) is 40.4. The van der Waals surface area contributed by atoms with E-state index in [1.54, 1.807) is 30.3 Å². The van der Waals surface area contributed by atoms with E-state index in [9.17, 15) is 34.0 Å². The molecule has 4 aliphatic carbocycles. The second-order valence-electron chi connectivity index (χ2n) is 18.9. The van der Waals surface area contributed by atoms with Crippen LogP contribution in [0.5, 0.6) is 5.75 Å². The first-order valence-electron chi connectivity index (χ1n) is 20.0. The molecule has 4 aliphatic heterocycles. The molecule has 2 N–H and O–H groups in total. The number of fused-ring (bicyclic) bond motifs is 2. The van der Waals surface area contributed by atoms with Crippen LogP contribution in [0.15, 0.2) is 30.3 Å². The quantitative estimate of drug-likeness (QED) is 0.370. The Labute approximate surface area is 336 Å². The fraction of sp³-hybridized carbons (Fsp3) is 0.558. The Morgan fingerprint density at radius 1 is 0.912 bits per heavy atom. The molecule has 298 valence electrons. The molecule has 0 radical (unpaired) electrons. The zero-order valence-corrected chi connectivity index (χ0v) is 33.5. The number of rotatable bonds is 8. The molecule has 8 aliphatic rings. The predicted molar refractivity (Wildman–Crippen MR) is 205 cm³/mol. The Bertz CT molecular complexity index is 2140. The molecule has 4 heterocycles. The number of hydrogen-bond acceptors (Lipinski definition) is 9. The summed E-state index contributed by atoms with van der Waals surface area (Å²) in [5.74, 6) is -0.796. The number of hydrogen-bond donors (Lipinski definition) is 2. The lowest BCUT2D eigenvalue weighted by atomic mass is 9.34. The molecule has 2 saturated heterocycles. The molecule has 0 spiro atoms.